The van der Waals surface area contributed by atoms with Crippen molar-refractivity contribution in [3.63, 3.8) is 0 Å². The Labute approximate surface area is 84.4 Å². The van der Waals surface area contributed by atoms with Crippen LogP contribution in [0.3, 0.4) is 0 Å². The Morgan fingerprint density at radius 3 is 2.46 bits per heavy atom. The van der Waals surface area contributed by atoms with Gasteiger partial charge in [-0.2, -0.15) is 12.7 Å². The van der Waals surface area contributed by atoms with Gasteiger partial charge in [0.2, 0.25) is 0 Å². The quantitative estimate of drug-likeness (QED) is 0.690. The largest absolute Gasteiger partial charge is 0.278 e. The van der Waals surface area contributed by atoms with Crippen LogP contribution in [0.4, 0.5) is 0 Å². The molecule has 1 atom stereocenters. The first-order chi connectivity index (χ1) is 5.93. The highest BCUT2D eigenvalue weighted by atomic mass is 35.5. The summed E-state index contributed by atoms with van der Waals surface area (Å²) in [4.78, 5) is 0. The summed E-state index contributed by atoms with van der Waals surface area (Å²) in [5.41, 5.74) is 0. The highest BCUT2D eigenvalue weighted by molar-refractivity contribution is 7.87. The molecular formula is C7H15ClN2O2S. The first-order valence-electron chi connectivity index (χ1n) is 4.24. The predicted octanol–water partition coefficient (Wildman–Crippen LogP) is 0.400. The van der Waals surface area contributed by atoms with E-state index in [2.05, 4.69) is 4.72 Å². The van der Waals surface area contributed by atoms with Gasteiger partial charge in [-0.25, -0.2) is 4.72 Å². The first kappa shape index (κ1) is 11.2. The zero-order valence-electron chi connectivity index (χ0n) is 7.83. The maximum atomic E-state index is 11.2. The van der Waals surface area contributed by atoms with Gasteiger partial charge < -0.3 is 0 Å². The zero-order valence-corrected chi connectivity index (χ0v) is 9.40. The van der Waals surface area contributed by atoms with Gasteiger partial charge in [-0.3, -0.25) is 0 Å². The third-order valence-electron chi connectivity index (χ3n) is 2.07. The number of hydrogen-bond acceptors (Lipinski definition) is 2. The lowest BCUT2D eigenvalue weighted by atomic mass is 10.3. The van der Waals surface area contributed by atoms with Crippen molar-refractivity contribution in [3.8, 4) is 0 Å². The van der Waals surface area contributed by atoms with E-state index < -0.39 is 10.2 Å². The van der Waals surface area contributed by atoms with Crippen molar-refractivity contribution in [2.75, 3.05) is 20.6 Å². The van der Waals surface area contributed by atoms with E-state index in [-0.39, 0.29) is 5.38 Å². The average Bonchev–Trinajstić information content (AvgIpc) is 2.82. The minimum atomic E-state index is -3.30. The van der Waals surface area contributed by atoms with Gasteiger partial charge in [-0.15, -0.1) is 11.6 Å². The first-order valence-corrected chi connectivity index (χ1v) is 6.12. The van der Waals surface area contributed by atoms with Crippen LogP contribution in [0.25, 0.3) is 0 Å². The predicted molar refractivity (Wildman–Crippen MR) is 53.0 cm³/mol. The maximum absolute atomic E-state index is 11.2. The van der Waals surface area contributed by atoms with Crippen molar-refractivity contribution in [2.45, 2.75) is 18.2 Å². The molecular weight excluding hydrogens is 212 g/mol. The summed E-state index contributed by atoms with van der Waals surface area (Å²) in [5.74, 6) is 0.506. The van der Waals surface area contributed by atoms with Gasteiger partial charge in [0.25, 0.3) is 10.2 Å². The fraction of sp³-hybridized carbons (Fsp3) is 1.00. The molecule has 1 aliphatic carbocycles. The lowest BCUT2D eigenvalue weighted by Gasteiger charge is -2.14. The molecule has 78 valence electrons. The molecule has 0 spiro atoms. The summed E-state index contributed by atoms with van der Waals surface area (Å²) in [5, 5.41) is -0.0604. The lowest BCUT2D eigenvalue weighted by molar-refractivity contribution is 0.503. The van der Waals surface area contributed by atoms with Crippen LogP contribution in [0.5, 0.6) is 0 Å². The van der Waals surface area contributed by atoms with E-state index in [1.807, 2.05) is 0 Å². The van der Waals surface area contributed by atoms with Crippen LogP contribution in [0.15, 0.2) is 0 Å². The molecule has 1 unspecified atom stereocenters. The van der Waals surface area contributed by atoms with Crippen LogP contribution in [0, 0.1) is 5.92 Å². The molecule has 6 heteroatoms. The van der Waals surface area contributed by atoms with Gasteiger partial charge in [0, 0.05) is 26.0 Å². The van der Waals surface area contributed by atoms with Gasteiger partial charge in [0.15, 0.2) is 0 Å². The number of hydrogen-bond donors (Lipinski definition) is 1. The van der Waals surface area contributed by atoms with Crippen molar-refractivity contribution in [1.82, 2.24) is 9.03 Å². The molecule has 0 aromatic rings. The van der Waals surface area contributed by atoms with Crippen molar-refractivity contribution in [2.24, 2.45) is 5.92 Å². The topological polar surface area (TPSA) is 49.4 Å². The van der Waals surface area contributed by atoms with E-state index in [1.165, 1.54) is 14.1 Å². The summed E-state index contributed by atoms with van der Waals surface area (Å²) < 4.78 is 26.1. The van der Waals surface area contributed by atoms with Crippen LogP contribution in [0.2, 0.25) is 0 Å². The van der Waals surface area contributed by atoms with E-state index in [9.17, 15) is 8.42 Å². The third kappa shape index (κ3) is 3.42. The van der Waals surface area contributed by atoms with Gasteiger partial charge in [0.05, 0.1) is 0 Å². The zero-order chi connectivity index (χ0) is 10.1. The van der Waals surface area contributed by atoms with Crippen molar-refractivity contribution in [1.29, 1.82) is 0 Å². The fourth-order valence-electron chi connectivity index (χ4n) is 0.939. The molecule has 0 bridgehead atoms. The molecule has 0 saturated heterocycles. The van der Waals surface area contributed by atoms with Crippen molar-refractivity contribution >= 4 is 21.8 Å². The molecule has 1 N–H and O–H groups in total. The summed E-state index contributed by atoms with van der Waals surface area (Å²) in [7, 11) is -0.323. The molecule has 0 radical (unpaired) electrons. The van der Waals surface area contributed by atoms with E-state index >= 15 is 0 Å². The summed E-state index contributed by atoms with van der Waals surface area (Å²) in [6.45, 7) is 0.326. The standard InChI is InChI=1S/C7H15ClN2O2S/c1-10(2)13(11,12)9-5-7(8)6-3-4-6/h6-7,9H,3-5H2,1-2H3. The fourth-order valence-corrected chi connectivity index (χ4v) is 2.01. The minimum Gasteiger partial charge on any atom is -0.201 e. The molecule has 0 aromatic heterocycles. The minimum absolute atomic E-state index is 0.0604. The Morgan fingerprint density at radius 1 is 1.54 bits per heavy atom. The average molecular weight is 227 g/mol. The molecule has 0 aliphatic heterocycles. The summed E-state index contributed by atoms with van der Waals surface area (Å²) in [6, 6.07) is 0. The summed E-state index contributed by atoms with van der Waals surface area (Å²) >= 11 is 5.94. The Hall–Kier alpha value is 0.160. The van der Waals surface area contributed by atoms with Gasteiger partial charge in [-0.05, 0) is 18.8 Å². The Morgan fingerprint density at radius 2 is 2.08 bits per heavy atom. The SMILES string of the molecule is CN(C)S(=O)(=O)NCC(Cl)C1CC1. The highest BCUT2D eigenvalue weighted by Gasteiger charge is 2.30. The molecule has 1 fully saturated rings. The van der Waals surface area contributed by atoms with Crippen LogP contribution >= 0.6 is 11.6 Å². The number of nitrogens with one attached hydrogen (secondary N) is 1. The number of halogens is 1. The van der Waals surface area contributed by atoms with Gasteiger partial charge in [-0.1, -0.05) is 0 Å². The third-order valence-corrected chi connectivity index (χ3v) is 4.08. The van der Waals surface area contributed by atoms with Gasteiger partial charge >= 0.3 is 0 Å². The molecule has 0 heterocycles. The number of nitrogens with zero attached hydrogens (tertiary/aromatic N) is 1. The second-order valence-electron chi connectivity index (χ2n) is 3.49. The Kier molecular flexibility index (Phi) is 3.57. The van der Waals surface area contributed by atoms with E-state index in [4.69, 9.17) is 11.6 Å². The lowest BCUT2D eigenvalue weighted by Crippen LogP contribution is -2.39. The smallest absolute Gasteiger partial charge is 0.201 e. The molecule has 13 heavy (non-hydrogen) atoms. The van der Waals surface area contributed by atoms with E-state index in [0.29, 0.717) is 12.5 Å². The van der Waals surface area contributed by atoms with Crippen LogP contribution in [0.1, 0.15) is 12.8 Å². The van der Waals surface area contributed by atoms with Crippen LogP contribution < -0.4 is 4.72 Å². The van der Waals surface area contributed by atoms with Crippen molar-refractivity contribution < 1.29 is 8.42 Å². The number of rotatable bonds is 5. The molecule has 1 aliphatic rings. The maximum Gasteiger partial charge on any atom is 0.278 e. The molecule has 1 rings (SSSR count). The Balaban J connectivity index is 2.32. The molecule has 0 amide bonds. The Bertz CT molecular complexity index is 262. The summed E-state index contributed by atoms with van der Waals surface area (Å²) in [6.07, 6.45) is 2.25. The van der Waals surface area contributed by atoms with Gasteiger partial charge in [0.1, 0.15) is 0 Å². The molecule has 1 saturated carbocycles. The van der Waals surface area contributed by atoms with Crippen LogP contribution in [-0.4, -0.2) is 38.7 Å². The van der Waals surface area contributed by atoms with E-state index in [1.54, 1.807) is 0 Å². The van der Waals surface area contributed by atoms with E-state index in [0.717, 1.165) is 17.1 Å². The van der Waals surface area contributed by atoms with Crippen LogP contribution in [-0.2, 0) is 10.2 Å². The second kappa shape index (κ2) is 4.13. The normalized spacial score (nSPS) is 20.6. The number of alkyl halides is 1. The highest BCUT2D eigenvalue weighted by Crippen LogP contribution is 2.35. The molecule has 0 aromatic carbocycles. The monoisotopic (exact) mass is 226 g/mol. The molecule has 4 nitrogen and oxygen atoms in total. The van der Waals surface area contributed by atoms with Crippen molar-refractivity contribution in [3.05, 3.63) is 0 Å². The second-order valence-corrected chi connectivity index (χ2v) is 6.02.